The fourth-order valence-electron chi connectivity index (χ4n) is 7.25. The number of hydrogen-bond acceptors (Lipinski definition) is 8. The van der Waals surface area contributed by atoms with Crippen LogP contribution in [0.4, 0.5) is 39.8 Å². The Labute approximate surface area is 323 Å². The third kappa shape index (κ3) is 6.02. The van der Waals surface area contributed by atoms with E-state index in [2.05, 4.69) is 118 Å². The summed E-state index contributed by atoms with van der Waals surface area (Å²) in [4.78, 5) is 12.0. The number of benzene rings is 7. The van der Waals surface area contributed by atoms with Crippen LogP contribution in [-0.2, 0) is 0 Å². The number of nitriles is 3. The van der Waals surface area contributed by atoms with Gasteiger partial charge in [0.15, 0.2) is 0 Å². The van der Waals surface area contributed by atoms with Gasteiger partial charge in [-0.2, -0.15) is 15.8 Å². The van der Waals surface area contributed by atoms with Crippen LogP contribution in [0, 0.1) is 34.0 Å². The van der Waals surface area contributed by atoms with Crippen molar-refractivity contribution in [2.45, 2.75) is 15.8 Å². The predicted octanol–water partition coefficient (Wildman–Crippen LogP) is 11.7. The summed E-state index contributed by atoms with van der Waals surface area (Å²) in [7, 11) is 0. The Morgan fingerprint density at radius 2 is 1.11 bits per heavy atom. The zero-order chi connectivity index (χ0) is 37.3. The van der Waals surface area contributed by atoms with E-state index in [0.717, 1.165) is 39.7 Å². The van der Waals surface area contributed by atoms with Crippen LogP contribution < -0.4 is 15.1 Å². The summed E-state index contributed by atoms with van der Waals surface area (Å²) in [6, 6.07) is 60.7. The van der Waals surface area contributed by atoms with Gasteiger partial charge in [-0.25, -0.2) is 0 Å². The first kappa shape index (κ1) is 33.3. The minimum atomic E-state index is -0.604. The Bertz CT molecular complexity index is 2710. The minimum absolute atomic E-state index is 0.260. The van der Waals surface area contributed by atoms with Gasteiger partial charge in [-0.15, -0.1) is 0 Å². The van der Waals surface area contributed by atoms with E-state index in [0.29, 0.717) is 28.2 Å². The summed E-state index contributed by atoms with van der Waals surface area (Å²) in [5.74, 6) is 0.614. The van der Waals surface area contributed by atoms with E-state index in [1.165, 1.54) is 9.79 Å². The molecule has 1 atom stereocenters. The molecule has 0 aliphatic carbocycles. The summed E-state index contributed by atoms with van der Waals surface area (Å²) in [5, 5.41) is 33.8. The summed E-state index contributed by atoms with van der Waals surface area (Å²) < 4.78 is 0. The Morgan fingerprint density at radius 1 is 0.545 bits per heavy atom. The summed E-state index contributed by atoms with van der Waals surface area (Å²) in [6.07, 6.45) is 0. The number of amidine groups is 1. The Morgan fingerprint density at radius 3 is 1.76 bits per heavy atom. The van der Waals surface area contributed by atoms with E-state index in [1.807, 2.05) is 66.7 Å². The molecule has 0 fully saturated rings. The van der Waals surface area contributed by atoms with Gasteiger partial charge >= 0.3 is 0 Å². The van der Waals surface area contributed by atoms with E-state index in [-0.39, 0.29) is 11.1 Å². The van der Waals surface area contributed by atoms with Crippen LogP contribution in [0.2, 0.25) is 0 Å². The monoisotopic (exact) mass is 723 g/mol. The maximum atomic E-state index is 10.7. The summed E-state index contributed by atoms with van der Waals surface area (Å²) in [5.41, 5.74) is 9.92. The molecule has 258 valence electrons. The molecule has 2 aliphatic rings. The molecule has 0 amide bonds. The van der Waals surface area contributed by atoms with Crippen LogP contribution in [0.5, 0.6) is 0 Å². The van der Waals surface area contributed by atoms with Crippen LogP contribution >= 0.6 is 11.8 Å². The summed E-state index contributed by atoms with van der Waals surface area (Å²) in [6.45, 7) is 0. The Kier molecular flexibility index (Phi) is 8.53. The lowest BCUT2D eigenvalue weighted by molar-refractivity contribution is 0.858. The van der Waals surface area contributed by atoms with Crippen molar-refractivity contribution in [3.05, 3.63) is 197 Å². The van der Waals surface area contributed by atoms with E-state index in [1.54, 1.807) is 23.9 Å². The molecule has 0 bridgehead atoms. The normalized spacial score (nSPS) is 13.7. The first-order chi connectivity index (χ1) is 27.1. The van der Waals surface area contributed by atoms with Crippen molar-refractivity contribution in [2.24, 2.45) is 4.99 Å². The molecule has 0 saturated heterocycles. The average Bonchev–Trinajstić information content (AvgIpc) is 3.25. The molecule has 2 aliphatic heterocycles. The number of aliphatic imine (C=N–C) groups is 1. The Hall–Kier alpha value is -7.57. The van der Waals surface area contributed by atoms with Gasteiger partial charge in [0.1, 0.15) is 24.0 Å². The van der Waals surface area contributed by atoms with Crippen molar-refractivity contribution in [3.8, 4) is 18.2 Å². The van der Waals surface area contributed by atoms with Crippen molar-refractivity contribution >= 4 is 57.4 Å². The van der Waals surface area contributed by atoms with Gasteiger partial charge < -0.3 is 15.1 Å². The zero-order valence-corrected chi connectivity index (χ0v) is 30.1. The van der Waals surface area contributed by atoms with Crippen molar-refractivity contribution in [2.75, 3.05) is 15.1 Å². The number of nitrogens with zero attached hydrogens (tertiary/aromatic N) is 6. The standard InChI is InChI=1S/C47H29N7S/c48-28-32-26-40-41(27-33(32)29-49)51-47(31-11-3-1-4-12-31)52-46(40)39-24-23-38(25-34(39)30-50)53(35-13-5-2-6-14-35)36-19-21-37(22-20-36)54-42-15-7-9-17-44(42)55-45-18-10-8-16-43(45)54/h1-27,46H,(H,51,52). The lowest BCUT2D eigenvalue weighted by Crippen LogP contribution is -2.23. The third-order valence-electron chi connectivity index (χ3n) is 9.81. The van der Waals surface area contributed by atoms with Crippen LogP contribution in [-0.4, -0.2) is 5.84 Å². The second-order valence-electron chi connectivity index (χ2n) is 13.0. The van der Waals surface area contributed by atoms with Gasteiger partial charge in [-0.1, -0.05) is 90.6 Å². The first-order valence-electron chi connectivity index (χ1n) is 17.7. The predicted molar refractivity (Wildman–Crippen MR) is 219 cm³/mol. The van der Waals surface area contributed by atoms with Gasteiger partial charge in [0.2, 0.25) is 0 Å². The molecule has 7 aromatic rings. The fourth-order valence-corrected chi connectivity index (χ4v) is 8.31. The number of para-hydroxylation sites is 3. The van der Waals surface area contributed by atoms with Gasteiger partial charge in [-0.05, 0) is 90.5 Å². The molecule has 0 aromatic heterocycles. The highest BCUT2D eigenvalue weighted by Gasteiger charge is 2.29. The largest absolute Gasteiger partial charge is 0.340 e. The van der Waals surface area contributed by atoms with Gasteiger partial charge in [-0.3, -0.25) is 4.99 Å². The van der Waals surface area contributed by atoms with E-state index < -0.39 is 6.04 Å². The highest BCUT2D eigenvalue weighted by atomic mass is 32.2. The molecular formula is C47H29N7S. The van der Waals surface area contributed by atoms with Crippen LogP contribution in [0.25, 0.3) is 0 Å². The number of fused-ring (bicyclic) bond motifs is 3. The molecule has 0 radical (unpaired) electrons. The molecular weight excluding hydrogens is 695 g/mol. The molecule has 9 rings (SSSR count). The average molecular weight is 724 g/mol. The first-order valence-corrected chi connectivity index (χ1v) is 18.5. The topological polar surface area (TPSA) is 102 Å². The number of rotatable bonds is 6. The maximum absolute atomic E-state index is 10.7. The van der Waals surface area contributed by atoms with Crippen LogP contribution in [0.3, 0.4) is 0 Å². The smallest absolute Gasteiger partial charge is 0.133 e. The molecule has 0 spiro atoms. The molecule has 1 N–H and O–H groups in total. The zero-order valence-electron chi connectivity index (χ0n) is 29.3. The van der Waals surface area contributed by atoms with Gasteiger partial charge in [0, 0.05) is 49.4 Å². The lowest BCUT2D eigenvalue weighted by atomic mass is 9.89. The van der Waals surface area contributed by atoms with Crippen molar-refractivity contribution in [1.29, 1.82) is 15.8 Å². The molecule has 2 heterocycles. The third-order valence-corrected chi connectivity index (χ3v) is 10.9. The molecule has 7 nitrogen and oxygen atoms in total. The van der Waals surface area contributed by atoms with Crippen molar-refractivity contribution in [1.82, 2.24) is 0 Å². The van der Waals surface area contributed by atoms with Crippen LogP contribution in [0.15, 0.2) is 179 Å². The van der Waals surface area contributed by atoms with E-state index in [9.17, 15) is 15.8 Å². The molecule has 55 heavy (non-hydrogen) atoms. The van der Waals surface area contributed by atoms with E-state index >= 15 is 0 Å². The second-order valence-corrected chi connectivity index (χ2v) is 14.1. The number of nitrogens with one attached hydrogen (secondary N) is 1. The van der Waals surface area contributed by atoms with Gasteiger partial charge in [0.25, 0.3) is 0 Å². The highest BCUT2D eigenvalue weighted by molar-refractivity contribution is 7.99. The number of anilines is 7. The highest BCUT2D eigenvalue weighted by Crippen LogP contribution is 2.51. The van der Waals surface area contributed by atoms with Crippen molar-refractivity contribution < 1.29 is 0 Å². The minimum Gasteiger partial charge on any atom is -0.340 e. The maximum Gasteiger partial charge on any atom is 0.133 e. The second kappa shape index (κ2) is 14.1. The lowest BCUT2D eigenvalue weighted by Gasteiger charge is -2.33. The van der Waals surface area contributed by atoms with E-state index in [4.69, 9.17) is 4.99 Å². The van der Waals surface area contributed by atoms with Crippen LogP contribution in [0.1, 0.15) is 39.4 Å². The Balaban J connectivity index is 1.14. The molecule has 0 saturated carbocycles. The van der Waals surface area contributed by atoms with Gasteiger partial charge in [0.05, 0.1) is 34.1 Å². The number of hydrogen-bond donors (Lipinski definition) is 1. The van der Waals surface area contributed by atoms with Crippen molar-refractivity contribution in [3.63, 3.8) is 0 Å². The quantitative estimate of drug-likeness (QED) is 0.182. The molecule has 7 aromatic carbocycles. The SMILES string of the molecule is N#Cc1cc2c(cc1C#N)C(c1ccc(N(c3ccccc3)c3ccc(N4c5ccccc5Sc5ccccc54)cc3)cc1C#N)N=C(c1ccccc1)N2. The summed E-state index contributed by atoms with van der Waals surface area (Å²) >= 11 is 1.78. The molecule has 8 heteroatoms. The fraction of sp³-hybridized carbons (Fsp3) is 0.0213. The molecule has 1 unspecified atom stereocenters.